The van der Waals surface area contributed by atoms with E-state index in [0.717, 1.165) is 51.9 Å². The largest absolute Gasteiger partial charge is 0.383 e. The first-order valence-corrected chi connectivity index (χ1v) is 8.12. The molecule has 0 spiro atoms. The van der Waals surface area contributed by atoms with E-state index in [-0.39, 0.29) is 0 Å². The number of nitrogens with zero attached hydrogens (tertiary/aromatic N) is 1. The molecule has 0 unspecified atom stereocenters. The van der Waals surface area contributed by atoms with Crippen LogP contribution < -0.4 is 10.6 Å². The fourth-order valence-corrected chi connectivity index (χ4v) is 2.46. The molecule has 4 nitrogen and oxygen atoms in total. The summed E-state index contributed by atoms with van der Waals surface area (Å²) in [5.74, 6) is 0.735. The van der Waals surface area contributed by atoms with Crippen LogP contribution in [-0.2, 0) is 4.74 Å². The quantitative estimate of drug-likeness (QED) is 0.772. The zero-order chi connectivity index (χ0) is 14.9. The number of benzene rings is 1. The van der Waals surface area contributed by atoms with Crippen LogP contribution in [0.5, 0.6) is 0 Å². The van der Waals surface area contributed by atoms with Crippen molar-refractivity contribution in [3.8, 4) is 0 Å². The number of anilines is 2. The second-order valence-electron chi connectivity index (χ2n) is 6.04. The summed E-state index contributed by atoms with van der Waals surface area (Å²) in [7, 11) is 0. The predicted molar refractivity (Wildman–Crippen MR) is 90.1 cm³/mol. The van der Waals surface area contributed by atoms with Gasteiger partial charge in [0.2, 0.25) is 0 Å². The zero-order valence-corrected chi connectivity index (χ0v) is 13.4. The van der Waals surface area contributed by atoms with Gasteiger partial charge in [-0.15, -0.1) is 0 Å². The maximum Gasteiger partial charge on any atom is 0.0594 e. The highest BCUT2D eigenvalue weighted by Crippen LogP contribution is 2.20. The maximum atomic E-state index is 5.37. The van der Waals surface area contributed by atoms with E-state index in [0.29, 0.717) is 0 Å². The number of ether oxygens (including phenoxy) is 1. The Hall–Kier alpha value is -1.26. The molecule has 1 fully saturated rings. The second-order valence-corrected chi connectivity index (χ2v) is 6.04. The topological polar surface area (TPSA) is 36.5 Å². The molecule has 0 radical (unpaired) electrons. The van der Waals surface area contributed by atoms with Crippen LogP contribution >= 0.6 is 0 Å². The summed E-state index contributed by atoms with van der Waals surface area (Å²) in [6.07, 6.45) is 1.20. The standard InChI is InChI=1S/C17H29N3O/c1-15(2)7-8-18-16-5-3-4-6-17(16)19-9-10-20-11-13-21-14-12-20/h3-6,15,18-19H,7-14H2,1-2H3. The summed E-state index contributed by atoms with van der Waals surface area (Å²) in [6, 6.07) is 8.48. The molecular formula is C17H29N3O. The van der Waals surface area contributed by atoms with Gasteiger partial charge in [0.1, 0.15) is 0 Å². The van der Waals surface area contributed by atoms with Crippen LogP contribution in [0.3, 0.4) is 0 Å². The highest BCUT2D eigenvalue weighted by molar-refractivity contribution is 5.68. The molecule has 2 N–H and O–H groups in total. The Balaban J connectivity index is 1.76. The first-order valence-electron chi connectivity index (χ1n) is 8.12. The number of nitrogens with one attached hydrogen (secondary N) is 2. The molecular weight excluding hydrogens is 262 g/mol. The number of morpholine rings is 1. The van der Waals surface area contributed by atoms with E-state index in [1.807, 2.05) is 0 Å². The molecule has 0 amide bonds. The summed E-state index contributed by atoms with van der Waals surface area (Å²) < 4.78 is 5.37. The minimum atomic E-state index is 0.735. The van der Waals surface area contributed by atoms with Gasteiger partial charge < -0.3 is 15.4 Å². The first kappa shape index (κ1) is 16.1. The van der Waals surface area contributed by atoms with Crippen molar-refractivity contribution in [2.24, 2.45) is 5.92 Å². The van der Waals surface area contributed by atoms with E-state index >= 15 is 0 Å². The van der Waals surface area contributed by atoms with E-state index in [2.05, 4.69) is 53.6 Å². The molecule has 1 aromatic rings. The van der Waals surface area contributed by atoms with E-state index in [9.17, 15) is 0 Å². The second kappa shape index (κ2) is 8.90. The van der Waals surface area contributed by atoms with Gasteiger partial charge in [-0.05, 0) is 24.5 Å². The molecule has 1 saturated heterocycles. The predicted octanol–water partition coefficient (Wildman–Crippen LogP) is 2.89. The van der Waals surface area contributed by atoms with Crippen molar-refractivity contribution in [1.29, 1.82) is 0 Å². The first-order chi connectivity index (χ1) is 10.3. The molecule has 1 aliphatic heterocycles. The number of hydrogen-bond donors (Lipinski definition) is 2. The van der Waals surface area contributed by atoms with Crippen molar-refractivity contribution in [2.45, 2.75) is 20.3 Å². The van der Waals surface area contributed by atoms with E-state index in [1.54, 1.807) is 0 Å². The van der Waals surface area contributed by atoms with Gasteiger partial charge in [0.05, 0.1) is 24.6 Å². The van der Waals surface area contributed by atoms with Crippen molar-refractivity contribution >= 4 is 11.4 Å². The SMILES string of the molecule is CC(C)CCNc1ccccc1NCCN1CCOCC1. The lowest BCUT2D eigenvalue weighted by Gasteiger charge is -2.26. The van der Waals surface area contributed by atoms with Gasteiger partial charge in [0, 0.05) is 32.7 Å². The number of para-hydroxylation sites is 2. The summed E-state index contributed by atoms with van der Waals surface area (Å²) in [6.45, 7) is 11.4. The minimum absolute atomic E-state index is 0.735. The zero-order valence-electron chi connectivity index (χ0n) is 13.4. The molecule has 0 bridgehead atoms. The van der Waals surface area contributed by atoms with Crippen LogP contribution in [0.1, 0.15) is 20.3 Å². The highest BCUT2D eigenvalue weighted by atomic mass is 16.5. The van der Waals surface area contributed by atoms with Gasteiger partial charge in [-0.2, -0.15) is 0 Å². The van der Waals surface area contributed by atoms with Crippen LogP contribution in [-0.4, -0.2) is 50.8 Å². The summed E-state index contributed by atoms with van der Waals surface area (Å²) >= 11 is 0. The monoisotopic (exact) mass is 291 g/mol. The van der Waals surface area contributed by atoms with Gasteiger partial charge in [-0.3, -0.25) is 4.90 Å². The lowest BCUT2D eigenvalue weighted by molar-refractivity contribution is 0.0398. The molecule has 2 rings (SSSR count). The third kappa shape index (κ3) is 5.94. The van der Waals surface area contributed by atoms with Crippen molar-refractivity contribution in [3.63, 3.8) is 0 Å². The molecule has 0 aromatic heterocycles. The lowest BCUT2D eigenvalue weighted by atomic mass is 10.1. The molecule has 0 saturated carbocycles. The third-order valence-electron chi connectivity index (χ3n) is 3.81. The normalized spacial score (nSPS) is 16.1. The summed E-state index contributed by atoms with van der Waals surface area (Å²) in [5.41, 5.74) is 2.41. The average Bonchev–Trinajstić information content (AvgIpc) is 2.49. The van der Waals surface area contributed by atoms with Gasteiger partial charge in [0.15, 0.2) is 0 Å². The van der Waals surface area contributed by atoms with E-state index in [4.69, 9.17) is 4.74 Å². The van der Waals surface area contributed by atoms with Gasteiger partial charge in [0.25, 0.3) is 0 Å². The Morgan fingerprint density at radius 2 is 1.67 bits per heavy atom. The Kier molecular flexibility index (Phi) is 6.83. The Morgan fingerprint density at radius 1 is 1.05 bits per heavy atom. The number of hydrogen-bond acceptors (Lipinski definition) is 4. The third-order valence-corrected chi connectivity index (χ3v) is 3.81. The molecule has 0 atom stereocenters. The molecule has 0 aliphatic carbocycles. The molecule has 21 heavy (non-hydrogen) atoms. The summed E-state index contributed by atoms with van der Waals surface area (Å²) in [4.78, 5) is 2.45. The molecule has 1 aliphatic rings. The Labute approximate surface area is 128 Å². The minimum Gasteiger partial charge on any atom is -0.383 e. The van der Waals surface area contributed by atoms with E-state index in [1.165, 1.54) is 17.8 Å². The molecule has 4 heteroatoms. The van der Waals surface area contributed by atoms with Gasteiger partial charge in [-0.1, -0.05) is 26.0 Å². The van der Waals surface area contributed by atoms with Crippen LogP contribution in [0.2, 0.25) is 0 Å². The number of rotatable bonds is 8. The van der Waals surface area contributed by atoms with Gasteiger partial charge >= 0.3 is 0 Å². The fraction of sp³-hybridized carbons (Fsp3) is 0.647. The van der Waals surface area contributed by atoms with Crippen molar-refractivity contribution < 1.29 is 4.74 Å². The van der Waals surface area contributed by atoms with Crippen LogP contribution in [0, 0.1) is 5.92 Å². The van der Waals surface area contributed by atoms with Crippen molar-refractivity contribution in [2.75, 3.05) is 56.6 Å². The van der Waals surface area contributed by atoms with Crippen LogP contribution in [0.4, 0.5) is 11.4 Å². The molecule has 1 aromatic carbocycles. The fourth-order valence-electron chi connectivity index (χ4n) is 2.46. The highest BCUT2D eigenvalue weighted by Gasteiger charge is 2.09. The molecule has 1 heterocycles. The smallest absolute Gasteiger partial charge is 0.0594 e. The Bertz CT molecular complexity index is 403. The van der Waals surface area contributed by atoms with Crippen LogP contribution in [0.15, 0.2) is 24.3 Å². The lowest BCUT2D eigenvalue weighted by Crippen LogP contribution is -2.39. The van der Waals surface area contributed by atoms with E-state index < -0.39 is 0 Å². The molecule has 118 valence electrons. The summed E-state index contributed by atoms with van der Waals surface area (Å²) in [5, 5.41) is 7.09. The van der Waals surface area contributed by atoms with Gasteiger partial charge in [-0.25, -0.2) is 0 Å². The van der Waals surface area contributed by atoms with Crippen molar-refractivity contribution in [1.82, 2.24) is 4.90 Å². The van der Waals surface area contributed by atoms with Crippen molar-refractivity contribution in [3.05, 3.63) is 24.3 Å². The maximum absolute atomic E-state index is 5.37. The van der Waals surface area contributed by atoms with Crippen LogP contribution in [0.25, 0.3) is 0 Å². The Morgan fingerprint density at radius 3 is 2.29 bits per heavy atom. The average molecular weight is 291 g/mol.